The van der Waals surface area contributed by atoms with Crippen molar-refractivity contribution in [2.45, 2.75) is 40.0 Å². The maximum absolute atomic E-state index is 12.1. The summed E-state index contributed by atoms with van der Waals surface area (Å²) in [6.45, 7) is 8.05. The number of hydrogen-bond donors (Lipinski definition) is 3. The minimum absolute atomic E-state index is 0.0178. The molecule has 0 aliphatic rings. The molecule has 2 amide bonds. The van der Waals surface area contributed by atoms with E-state index >= 15 is 0 Å². The maximum Gasteiger partial charge on any atom is 0.246 e. The SMILES string of the molecule is CC.CCCNc1nc(Nc2ccccc2)ncc1C#CCCCNC(=O)CN(C)C(=O)/C=C/CN(C)C. The zero-order valence-electron chi connectivity index (χ0n) is 23.7. The minimum atomic E-state index is -0.197. The Morgan fingerprint density at radius 1 is 1.08 bits per heavy atom. The first-order chi connectivity index (χ1) is 18.4. The van der Waals surface area contributed by atoms with Crippen LogP contribution in [0.2, 0.25) is 0 Å². The molecule has 1 aromatic carbocycles. The van der Waals surface area contributed by atoms with Crippen LogP contribution in [0.3, 0.4) is 0 Å². The number of hydrogen-bond acceptors (Lipinski definition) is 7. The van der Waals surface area contributed by atoms with Gasteiger partial charge in [0.15, 0.2) is 0 Å². The molecule has 0 fully saturated rings. The third-order valence-corrected chi connectivity index (χ3v) is 4.87. The van der Waals surface area contributed by atoms with Crippen LogP contribution >= 0.6 is 0 Å². The van der Waals surface area contributed by atoms with E-state index in [-0.39, 0.29) is 18.4 Å². The van der Waals surface area contributed by atoms with E-state index in [2.05, 4.69) is 44.7 Å². The van der Waals surface area contributed by atoms with Crippen molar-refractivity contribution in [3.8, 4) is 11.8 Å². The lowest BCUT2D eigenvalue weighted by Crippen LogP contribution is -2.38. The van der Waals surface area contributed by atoms with Crippen molar-refractivity contribution in [1.82, 2.24) is 25.1 Å². The Hall–Kier alpha value is -3.90. The molecule has 2 rings (SSSR count). The average Bonchev–Trinajstić information content (AvgIpc) is 2.91. The summed E-state index contributed by atoms with van der Waals surface area (Å²) in [5.74, 6) is 7.07. The third-order valence-electron chi connectivity index (χ3n) is 4.87. The number of para-hydroxylation sites is 1. The van der Waals surface area contributed by atoms with Gasteiger partial charge in [0.1, 0.15) is 5.82 Å². The fourth-order valence-electron chi connectivity index (χ4n) is 2.97. The number of unbranched alkanes of at least 4 members (excludes halogenated alkanes) is 1. The quantitative estimate of drug-likeness (QED) is 0.209. The number of nitrogens with one attached hydrogen (secondary N) is 3. The second-order valence-corrected chi connectivity index (χ2v) is 8.49. The first-order valence-corrected chi connectivity index (χ1v) is 13.1. The second kappa shape index (κ2) is 19.2. The van der Waals surface area contributed by atoms with Crippen molar-refractivity contribution in [1.29, 1.82) is 0 Å². The zero-order valence-corrected chi connectivity index (χ0v) is 23.7. The molecule has 1 heterocycles. The molecule has 38 heavy (non-hydrogen) atoms. The van der Waals surface area contributed by atoms with E-state index in [1.54, 1.807) is 19.3 Å². The number of aromatic nitrogens is 2. The smallest absolute Gasteiger partial charge is 0.246 e. The Morgan fingerprint density at radius 2 is 1.82 bits per heavy atom. The topological polar surface area (TPSA) is 102 Å². The Balaban J connectivity index is 0.00000352. The van der Waals surface area contributed by atoms with Gasteiger partial charge in [0.25, 0.3) is 0 Å². The molecule has 0 aliphatic heterocycles. The lowest BCUT2D eigenvalue weighted by molar-refractivity contribution is -0.131. The molecule has 3 N–H and O–H groups in total. The summed E-state index contributed by atoms with van der Waals surface area (Å²) in [5, 5.41) is 9.34. The number of carbonyl (C=O) groups excluding carboxylic acids is 2. The van der Waals surface area contributed by atoms with Gasteiger partial charge in [-0.15, -0.1) is 0 Å². The molecule has 0 unspecified atom stereocenters. The molecule has 1 aromatic heterocycles. The standard InChI is InChI=1S/C27H37N7O2.C2H6/c1-5-17-29-26-22(20-30-27(32-26)31-23-14-9-6-10-15-23)13-8-7-11-18-28-24(35)21-34(4)25(36)16-12-19-33(2)3;1-2/h6,9-10,12,14-16,20H,5,7,11,17-19,21H2,1-4H3,(H,28,35)(H2,29,30,31,32);1-2H3/b16-12+;. The number of nitrogens with zero attached hydrogens (tertiary/aromatic N) is 4. The molecule has 2 aromatic rings. The highest BCUT2D eigenvalue weighted by Crippen LogP contribution is 2.17. The first kappa shape index (κ1) is 32.1. The van der Waals surface area contributed by atoms with E-state index in [0.29, 0.717) is 37.7 Å². The van der Waals surface area contributed by atoms with Crippen molar-refractivity contribution >= 4 is 29.3 Å². The van der Waals surface area contributed by atoms with Gasteiger partial charge in [-0.25, -0.2) is 4.98 Å². The minimum Gasteiger partial charge on any atom is -0.369 e. The van der Waals surface area contributed by atoms with Crippen LogP contribution in [0.15, 0.2) is 48.7 Å². The van der Waals surface area contributed by atoms with Gasteiger partial charge in [-0.3, -0.25) is 9.59 Å². The van der Waals surface area contributed by atoms with Crippen LogP contribution in [-0.2, 0) is 9.59 Å². The van der Waals surface area contributed by atoms with Crippen LogP contribution in [0.25, 0.3) is 0 Å². The molecular formula is C29H43N7O2. The first-order valence-electron chi connectivity index (χ1n) is 13.1. The van der Waals surface area contributed by atoms with Crippen LogP contribution in [-0.4, -0.2) is 78.9 Å². The average molecular weight is 522 g/mol. The highest BCUT2D eigenvalue weighted by Gasteiger charge is 2.10. The van der Waals surface area contributed by atoms with Gasteiger partial charge >= 0.3 is 0 Å². The van der Waals surface area contributed by atoms with E-state index in [9.17, 15) is 9.59 Å². The van der Waals surface area contributed by atoms with Crippen molar-refractivity contribution in [2.24, 2.45) is 0 Å². The predicted octanol–water partition coefficient (Wildman–Crippen LogP) is 3.89. The lowest BCUT2D eigenvalue weighted by atomic mass is 10.2. The number of amides is 2. The maximum atomic E-state index is 12.1. The lowest BCUT2D eigenvalue weighted by Gasteiger charge is -2.14. The molecule has 0 atom stereocenters. The highest BCUT2D eigenvalue weighted by molar-refractivity contribution is 5.91. The summed E-state index contributed by atoms with van der Waals surface area (Å²) in [4.78, 5) is 36.4. The number of carbonyl (C=O) groups is 2. The fraction of sp³-hybridized carbons (Fsp3) is 0.448. The number of anilines is 3. The van der Waals surface area contributed by atoms with E-state index in [4.69, 9.17) is 0 Å². The summed E-state index contributed by atoms with van der Waals surface area (Å²) >= 11 is 0. The summed E-state index contributed by atoms with van der Waals surface area (Å²) < 4.78 is 0. The third kappa shape index (κ3) is 13.4. The van der Waals surface area contributed by atoms with E-state index in [1.165, 1.54) is 11.0 Å². The van der Waals surface area contributed by atoms with Crippen molar-refractivity contribution in [2.75, 3.05) is 58.0 Å². The van der Waals surface area contributed by atoms with Crippen molar-refractivity contribution in [3.05, 3.63) is 54.2 Å². The van der Waals surface area contributed by atoms with Crippen LogP contribution in [0.5, 0.6) is 0 Å². The summed E-state index contributed by atoms with van der Waals surface area (Å²) in [6, 6.07) is 9.76. The molecule has 206 valence electrons. The van der Waals surface area contributed by atoms with Gasteiger partial charge in [0.05, 0.1) is 18.3 Å². The highest BCUT2D eigenvalue weighted by atomic mass is 16.2. The normalized spacial score (nSPS) is 10.2. The number of rotatable bonds is 13. The molecule has 9 heteroatoms. The van der Waals surface area contributed by atoms with Gasteiger partial charge in [-0.05, 0) is 39.1 Å². The van der Waals surface area contributed by atoms with Crippen LogP contribution in [0, 0.1) is 11.8 Å². The molecule has 0 radical (unpaired) electrons. The summed E-state index contributed by atoms with van der Waals surface area (Å²) in [5.41, 5.74) is 1.64. The van der Waals surface area contributed by atoms with E-state index in [0.717, 1.165) is 24.2 Å². The second-order valence-electron chi connectivity index (χ2n) is 8.49. The van der Waals surface area contributed by atoms with Gasteiger partial charge in [-0.2, -0.15) is 4.98 Å². The molecule has 0 bridgehead atoms. The Bertz CT molecular complexity index is 1060. The molecular weight excluding hydrogens is 478 g/mol. The Labute approximate surface area is 228 Å². The van der Waals surface area contributed by atoms with Gasteiger partial charge in [-0.1, -0.05) is 56.9 Å². The van der Waals surface area contributed by atoms with Gasteiger partial charge in [0, 0.05) is 44.9 Å². The fourth-order valence-corrected chi connectivity index (χ4v) is 2.97. The van der Waals surface area contributed by atoms with Crippen LogP contribution in [0.1, 0.15) is 45.6 Å². The Morgan fingerprint density at radius 3 is 2.50 bits per heavy atom. The summed E-state index contributed by atoms with van der Waals surface area (Å²) in [6.07, 6.45) is 7.25. The van der Waals surface area contributed by atoms with Crippen molar-refractivity contribution < 1.29 is 9.59 Å². The number of likely N-dealkylation sites (N-methyl/N-ethyl adjacent to an activating group) is 2. The molecule has 0 saturated carbocycles. The van der Waals surface area contributed by atoms with E-state index < -0.39 is 0 Å². The zero-order chi connectivity index (χ0) is 28.2. The summed E-state index contributed by atoms with van der Waals surface area (Å²) in [7, 11) is 5.46. The molecule has 0 aliphatic carbocycles. The van der Waals surface area contributed by atoms with Crippen LogP contribution in [0.4, 0.5) is 17.5 Å². The largest absolute Gasteiger partial charge is 0.369 e. The van der Waals surface area contributed by atoms with Crippen LogP contribution < -0.4 is 16.0 Å². The predicted molar refractivity (Wildman–Crippen MR) is 156 cm³/mol. The van der Waals surface area contributed by atoms with Crippen molar-refractivity contribution in [3.63, 3.8) is 0 Å². The van der Waals surface area contributed by atoms with E-state index in [1.807, 2.05) is 63.2 Å². The van der Waals surface area contributed by atoms with Gasteiger partial charge < -0.3 is 25.8 Å². The number of benzene rings is 1. The Kier molecular flexibility index (Phi) is 16.3. The molecule has 9 nitrogen and oxygen atoms in total. The monoisotopic (exact) mass is 521 g/mol. The van der Waals surface area contributed by atoms with Gasteiger partial charge in [0.2, 0.25) is 17.8 Å². The molecule has 0 saturated heterocycles. The molecule has 0 spiro atoms.